The van der Waals surface area contributed by atoms with Crippen LogP contribution in [0.1, 0.15) is 5.56 Å². The Morgan fingerprint density at radius 3 is 2.56 bits per heavy atom. The second-order valence-corrected chi connectivity index (χ2v) is 4.20. The van der Waals surface area contributed by atoms with Crippen LogP contribution >= 0.6 is 11.6 Å². The molecule has 0 aromatic heterocycles. The van der Waals surface area contributed by atoms with Crippen molar-refractivity contribution in [2.24, 2.45) is 5.73 Å². The molecule has 0 bridgehead atoms. The van der Waals surface area contributed by atoms with Gasteiger partial charge in [-0.15, -0.1) is 0 Å². The van der Waals surface area contributed by atoms with Gasteiger partial charge in [-0.2, -0.15) is 0 Å². The molecule has 90 valence electrons. The van der Waals surface area contributed by atoms with E-state index in [1.54, 1.807) is 0 Å². The fourth-order valence-corrected chi connectivity index (χ4v) is 1.51. The first-order valence-corrected chi connectivity index (χ1v) is 5.81. The summed E-state index contributed by atoms with van der Waals surface area (Å²) in [7, 11) is 2.07. The summed E-state index contributed by atoms with van der Waals surface area (Å²) in [6.45, 7) is 3.75. The molecule has 0 unspecified atom stereocenters. The Kier molecular flexibility index (Phi) is 6.42. The van der Waals surface area contributed by atoms with Gasteiger partial charge in [-0.3, -0.25) is 4.90 Å². The molecule has 0 heterocycles. The van der Waals surface area contributed by atoms with E-state index in [9.17, 15) is 0 Å². The van der Waals surface area contributed by atoms with Crippen LogP contribution in [0.5, 0.6) is 0 Å². The van der Waals surface area contributed by atoms with E-state index in [0.29, 0.717) is 13.2 Å². The summed E-state index contributed by atoms with van der Waals surface area (Å²) in [6.07, 6.45) is 0. The van der Waals surface area contributed by atoms with Gasteiger partial charge >= 0.3 is 0 Å². The standard InChI is InChI=1S/C12H19ClN2O/c1-15(7-9-16-8-6-14)10-11-2-4-12(13)5-3-11/h2-5H,6-10,14H2,1H3. The summed E-state index contributed by atoms with van der Waals surface area (Å²) < 4.78 is 5.32. The molecular formula is C12H19ClN2O. The molecule has 1 aromatic carbocycles. The molecule has 0 amide bonds. The monoisotopic (exact) mass is 242 g/mol. The van der Waals surface area contributed by atoms with E-state index >= 15 is 0 Å². The number of ether oxygens (including phenoxy) is 1. The molecule has 0 atom stereocenters. The largest absolute Gasteiger partial charge is 0.379 e. The third-order valence-corrected chi connectivity index (χ3v) is 2.50. The molecule has 16 heavy (non-hydrogen) atoms. The lowest BCUT2D eigenvalue weighted by atomic mass is 10.2. The van der Waals surface area contributed by atoms with E-state index in [2.05, 4.69) is 11.9 Å². The topological polar surface area (TPSA) is 38.5 Å². The van der Waals surface area contributed by atoms with E-state index < -0.39 is 0 Å². The second kappa shape index (κ2) is 7.63. The third kappa shape index (κ3) is 5.47. The maximum absolute atomic E-state index is 5.82. The van der Waals surface area contributed by atoms with E-state index in [-0.39, 0.29) is 0 Å². The Labute approximate surface area is 102 Å². The average molecular weight is 243 g/mol. The quantitative estimate of drug-likeness (QED) is 0.741. The predicted octanol–water partition coefficient (Wildman–Crippen LogP) is 1.75. The first kappa shape index (κ1) is 13.5. The molecule has 0 radical (unpaired) electrons. The Morgan fingerprint density at radius 2 is 1.94 bits per heavy atom. The van der Waals surface area contributed by atoms with Gasteiger partial charge in [-0.05, 0) is 24.7 Å². The van der Waals surface area contributed by atoms with Crippen molar-refractivity contribution >= 4 is 11.6 Å². The van der Waals surface area contributed by atoms with Crippen LogP contribution in [-0.4, -0.2) is 38.3 Å². The summed E-state index contributed by atoms with van der Waals surface area (Å²) >= 11 is 5.82. The summed E-state index contributed by atoms with van der Waals surface area (Å²) in [5, 5.41) is 0.776. The molecule has 3 nitrogen and oxygen atoms in total. The summed E-state index contributed by atoms with van der Waals surface area (Å²) in [6, 6.07) is 7.91. The molecule has 2 N–H and O–H groups in total. The van der Waals surface area contributed by atoms with E-state index in [1.807, 2.05) is 24.3 Å². The Morgan fingerprint density at radius 1 is 1.25 bits per heavy atom. The minimum atomic E-state index is 0.584. The van der Waals surface area contributed by atoms with Crippen molar-refractivity contribution in [1.29, 1.82) is 0 Å². The fourth-order valence-electron chi connectivity index (χ4n) is 1.39. The maximum atomic E-state index is 5.82. The smallest absolute Gasteiger partial charge is 0.0594 e. The lowest BCUT2D eigenvalue weighted by molar-refractivity contribution is 0.115. The molecule has 4 heteroatoms. The van der Waals surface area contributed by atoms with Gasteiger partial charge in [-0.1, -0.05) is 23.7 Å². The molecule has 0 aliphatic heterocycles. The fraction of sp³-hybridized carbons (Fsp3) is 0.500. The van der Waals surface area contributed by atoms with Gasteiger partial charge in [0, 0.05) is 24.7 Å². The van der Waals surface area contributed by atoms with Crippen molar-refractivity contribution in [3.05, 3.63) is 34.9 Å². The van der Waals surface area contributed by atoms with Gasteiger partial charge in [0.25, 0.3) is 0 Å². The average Bonchev–Trinajstić information content (AvgIpc) is 2.28. The van der Waals surface area contributed by atoms with Crippen LogP contribution in [0.4, 0.5) is 0 Å². The zero-order valence-electron chi connectivity index (χ0n) is 9.66. The second-order valence-electron chi connectivity index (χ2n) is 3.77. The van der Waals surface area contributed by atoms with Crippen molar-refractivity contribution < 1.29 is 4.74 Å². The predicted molar refractivity (Wildman–Crippen MR) is 67.7 cm³/mol. The Balaban J connectivity index is 2.23. The normalized spacial score (nSPS) is 11.0. The van der Waals surface area contributed by atoms with Gasteiger partial charge in [0.15, 0.2) is 0 Å². The number of hydrogen-bond acceptors (Lipinski definition) is 3. The molecule has 0 spiro atoms. The Hall–Kier alpha value is -0.610. The minimum Gasteiger partial charge on any atom is -0.379 e. The summed E-state index contributed by atoms with van der Waals surface area (Å²) in [5.74, 6) is 0. The molecule has 0 aliphatic rings. The molecule has 1 rings (SSSR count). The maximum Gasteiger partial charge on any atom is 0.0594 e. The number of nitrogens with two attached hydrogens (primary N) is 1. The number of nitrogens with zero attached hydrogens (tertiary/aromatic N) is 1. The van der Waals surface area contributed by atoms with Crippen LogP contribution in [0.25, 0.3) is 0 Å². The lowest BCUT2D eigenvalue weighted by Gasteiger charge is -2.16. The number of likely N-dealkylation sites (N-methyl/N-ethyl adjacent to an activating group) is 1. The highest BCUT2D eigenvalue weighted by molar-refractivity contribution is 6.30. The van der Waals surface area contributed by atoms with Gasteiger partial charge in [0.2, 0.25) is 0 Å². The van der Waals surface area contributed by atoms with Crippen LogP contribution in [0.3, 0.4) is 0 Å². The number of halogens is 1. The third-order valence-electron chi connectivity index (χ3n) is 2.25. The molecule has 0 saturated heterocycles. The molecule has 1 aromatic rings. The summed E-state index contributed by atoms with van der Waals surface area (Å²) in [5.41, 5.74) is 6.59. The van der Waals surface area contributed by atoms with Gasteiger partial charge < -0.3 is 10.5 Å². The molecular weight excluding hydrogens is 224 g/mol. The van der Waals surface area contributed by atoms with Gasteiger partial charge in [0.05, 0.1) is 13.2 Å². The molecule has 0 fully saturated rings. The van der Waals surface area contributed by atoms with Crippen molar-refractivity contribution in [3.63, 3.8) is 0 Å². The highest BCUT2D eigenvalue weighted by Gasteiger charge is 2.00. The SMILES string of the molecule is CN(CCOCCN)Cc1ccc(Cl)cc1. The summed E-state index contributed by atoms with van der Waals surface area (Å²) in [4.78, 5) is 2.21. The van der Waals surface area contributed by atoms with Crippen LogP contribution in [0.15, 0.2) is 24.3 Å². The first-order valence-electron chi connectivity index (χ1n) is 5.43. The van der Waals surface area contributed by atoms with Crippen molar-refractivity contribution in [2.45, 2.75) is 6.54 Å². The van der Waals surface area contributed by atoms with E-state index in [0.717, 1.165) is 24.7 Å². The van der Waals surface area contributed by atoms with Crippen LogP contribution in [-0.2, 0) is 11.3 Å². The lowest BCUT2D eigenvalue weighted by Crippen LogP contribution is -2.23. The van der Waals surface area contributed by atoms with E-state index in [4.69, 9.17) is 22.1 Å². The molecule has 0 aliphatic carbocycles. The zero-order valence-corrected chi connectivity index (χ0v) is 10.4. The number of benzene rings is 1. The Bertz CT molecular complexity index is 290. The first-order chi connectivity index (χ1) is 7.72. The highest BCUT2D eigenvalue weighted by Crippen LogP contribution is 2.10. The zero-order chi connectivity index (χ0) is 11.8. The van der Waals surface area contributed by atoms with Crippen molar-refractivity contribution in [1.82, 2.24) is 4.90 Å². The van der Waals surface area contributed by atoms with E-state index in [1.165, 1.54) is 5.56 Å². The van der Waals surface area contributed by atoms with Gasteiger partial charge in [0.1, 0.15) is 0 Å². The van der Waals surface area contributed by atoms with Crippen molar-refractivity contribution in [3.8, 4) is 0 Å². The molecule has 0 saturated carbocycles. The van der Waals surface area contributed by atoms with Gasteiger partial charge in [-0.25, -0.2) is 0 Å². The van der Waals surface area contributed by atoms with Crippen LogP contribution < -0.4 is 5.73 Å². The van der Waals surface area contributed by atoms with Crippen molar-refractivity contribution in [2.75, 3.05) is 33.4 Å². The number of hydrogen-bond donors (Lipinski definition) is 1. The minimum absolute atomic E-state index is 0.584. The highest BCUT2D eigenvalue weighted by atomic mass is 35.5. The number of rotatable bonds is 7. The van der Waals surface area contributed by atoms with Crippen LogP contribution in [0, 0.1) is 0 Å². The van der Waals surface area contributed by atoms with Crippen LogP contribution in [0.2, 0.25) is 5.02 Å².